The Morgan fingerprint density at radius 1 is 1.47 bits per heavy atom. The molecule has 0 aliphatic rings. The van der Waals surface area contributed by atoms with Crippen LogP contribution in [0.25, 0.3) is 0 Å². The van der Waals surface area contributed by atoms with E-state index in [0.717, 1.165) is 5.82 Å². The molecule has 0 saturated heterocycles. The number of hydrogen-bond acceptors (Lipinski definition) is 5. The van der Waals surface area contributed by atoms with Crippen LogP contribution in [0.4, 0.5) is 10.2 Å². The number of amides is 1. The Morgan fingerprint density at radius 3 is 3.05 bits per heavy atom. The average Bonchev–Trinajstić information content (AvgIpc) is 2.91. The first-order chi connectivity index (χ1) is 9.18. The number of nitrogens with zero attached hydrogens (tertiary/aromatic N) is 3. The molecule has 2 aromatic heterocycles. The van der Waals surface area contributed by atoms with E-state index in [-0.39, 0.29) is 11.4 Å². The molecule has 100 valence electrons. The van der Waals surface area contributed by atoms with Crippen LogP contribution >= 0.6 is 0 Å². The maximum Gasteiger partial charge on any atom is 0.254 e. The number of anilines is 1. The molecule has 0 aliphatic heterocycles. The van der Waals surface area contributed by atoms with E-state index in [0.29, 0.717) is 19.4 Å². The largest absolute Gasteiger partial charge is 0.381 e. The van der Waals surface area contributed by atoms with Crippen molar-refractivity contribution in [3.8, 4) is 0 Å². The smallest absolute Gasteiger partial charge is 0.254 e. The lowest BCUT2D eigenvalue weighted by molar-refractivity contribution is 0.0949. The Hall–Kier alpha value is -2.51. The fourth-order valence-corrected chi connectivity index (χ4v) is 1.54. The number of aromatic amines is 1. The number of H-pyrrole nitrogens is 1. The summed E-state index contributed by atoms with van der Waals surface area (Å²) in [7, 11) is 0. The minimum atomic E-state index is -0.796. The molecule has 0 aromatic carbocycles. The van der Waals surface area contributed by atoms with Crippen LogP contribution < -0.4 is 11.1 Å². The Morgan fingerprint density at radius 2 is 2.32 bits per heavy atom. The van der Waals surface area contributed by atoms with E-state index in [1.807, 2.05) is 0 Å². The highest BCUT2D eigenvalue weighted by atomic mass is 19.1. The molecule has 0 aliphatic carbocycles. The lowest BCUT2D eigenvalue weighted by Crippen LogP contribution is -2.26. The van der Waals surface area contributed by atoms with Crippen molar-refractivity contribution in [1.29, 1.82) is 0 Å². The number of hydrogen-bond donors (Lipinski definition) is 3. The van der Waals surface area contributed by atoms with Gasteiger partial charge in [0.15, 0.2) is 11.6 Å². The SMILES string of the molecule is Nc1nccc(C(=O)NCCCc2ncn[nH]2)c1F. The lowest BCUT2D eigenvalue weighted by Gasteiger charge is -2.06. The maximum absolute atomic E-state index is 13.5. The fraction of sp³-hybridized carbons (Fsp3) is 0.273. The van der Waals surface area contributed by atoms with Crippen LogP contribution in [0.5, 0.6) is 0 Å². The van der Waals surface area contributed by atoms with Gasteiger partial charge in [0.2, 0.25) is 0 Å². The third kappa shape index (κ3) is 3.24. The number of carbonyl (C=O) groups is 1. The van der Waals surface area contributed by atoms with Gasteiger partial charge in [-0.25, -0.2) is 14.4 Å². The summed E-state index contributed by atoms with van der Waals surface area (Å²) in [4.78, 5) is 19.2. The summed E-state index contributed by atoms with van der Waals surface area (Å²) in [5, 5.41) is 9.03. The molecule has 7 nitrogen and oxygen atoms in total. The quantitative estimate of drug-likeness (QED) is 0.672. The van der Waals surface area contributed by atoms with E-state index in [1.54, 1.807) is 0 Å². The molecular formula is C11H13FN6O. The van der Waals surface area contributed by atoms with Crippen LogP contribution in [0.15, 0.2) is 18.6 Å². The van der Waals surface area contributed by atoms with Crippen molar-refractivity contribution in [1.82, 2.24) is 25.5 Å². The van der Waals surface area contributed by atoms with Crippen LogP contribution in [0.1, 0.15) is 22.6 Å². The van der Waals surface area contributed by atoms with E-state index in [4.69, 9.17) is 5.73 Å². The molecule has 2 heterocycles. The van der Waals surface area contributed by atoms with E-state index in [9.17, 15) is 9.18 Å². The number of pyridine rings is 1. The van der Waals surface area contributed by atoms with Gasteiger partial charge in [-0.3, -0.25) is 9.89 Å². The van der Waals surface area contributed by atoms with Crippen molar-refractivity contribution in [3.63, 3.8) is 0 Å². The van der Waals surface area contributed by atoms with Gasteiger partial charge in [-0.15, -0.1) is 0 Å². The van der Waals surface area contributed by atoms with Gasteiger partial charge < -0.3 is 11.1 Å². The van der Waals surface area contributed by atoms with E-state index >= 15 is 0 Å². The van der Waals surface area contributed by atoms with Gasteiger partial charge in [-0.1, -0.05) is 0 Å². The number of carbonyl (C=O) groups excluding carboxylic acids is 1. The summed E-state index contributed by atoms with van der Waals surface area (Å²) in [5.41, 5.74) is 5.19. The normalized spacial score (nSPS) is 10.4. The zero-order valence-electron chi connectivity index (χ0n) is 10.1. The van der Waals surface area contributed by atoms with Gasteiger partial charge >= 0.3 is 0 Å². The summed E-state index contributed by atoms with van der Waals surface area (Å²) in [6.07, 6.45) is 4.04. The van der Waals surface area contributed by atoms with E-state index in [2.05, 4.69) is 25.5 Å². The number of nitrogens with two attached hydrogens (primary N) is 1. The third-order valence-electron chi connectivity index (χ3n) is 2.50. The Balaban J connectivity index is 1.83. The zero-order valence-corrected chi connectivity index (χ0v) is 10.1. The zero-order chi connectivity index (χ0) is 13.7. The molecule has 19 heavy (non-hydrogen) atoms. The minimum Gasteiger partial charge on any atom is -0.381 e. The molecule has 0 fully saturated rings. The third-order valence-corrected chi connectivity index (χ3v) is 2.50. The van der Waals surface area contributed by atoms with Crippen molar-refractivity contribution in [3.05, 3.63) is 35.8 Å². The highest BCUT2D eigenvalue weighted by Crippen LogP contribution is 2.11. The van der Waals surface area contributed by atoms with Crippen LogP contribution in [0.2, 0.25) is 0 Å². The van der Waals surface area contributed by atoms with Crippen molar-refractivity contribution < 1.29 is 9.18 Å². The topological polar surface area (TPSA) is 110 Å². The van der Waals surface area contributed by atoms with Crippen LogP contribution in [0.3, 0.4) is 0 Å². The van der Waals surface area contributed by atoms with Gasteiger partial charge in [0, 0.05) is 19.2 Å². The number of halogens is 1. The summed E-state index contributed by atoms with van der Waals surface area (Å²) in [6.45, 7) is 0.404. The highest BCUT2D eigenvalue weighted by Gasteiger charge is 2.13. The van der Waals surface area contributed by atoms with Crippen molar-refractivity contribution in [2.75, 3.05) is 12.3 Å². The standard InChI is InChI=1S/C11H13FN6O/c12-9-7(3-5-14-10(9)13)11(19)15-4-1-2-8-16-6-17-18-8/h3,5-6H,1-2,4H2,(H2,13,14)(H,15,19)(H,16,17,18). The van der Waals surface area contributed by atoms with E-state index in [1.165, 1.54) is 18.6 Å². The van der Waals surface area contributed by atoms with Gasteiger partial charge in [0.05, 0.1) is 5.56 Å². The molecule has 0 radical (unpaired) electrons. The molecule has 2 rings (SSSR count). The van der Waals surface area contributed by atoms with Gasteiger partial charge in [0.25, 0.3) is 5.91 Å². The summed E-state index contributed by atoms with van der Waals surface area (Å²) in [6, 6.07) is 1.29. The van der Waals surface area contributed by atoms with Crippen LogP contribution in [0, 0.1) is 5.82 Å². The minimum absolute atomic E-state index is 0.104. The van der Waals surface area contributed by atoms with Gasteiger partial charge in [0.1, 0.15) is 12.2 Å². The number of nitrogens with one attached hydrogen (secondary N) is 2. The van der Waals surface area contributed by atoms with Crippen molar-refractivity contribution in [2.24, 2.45) is 0 Å². The first kappa shape index (κ1) is 12.9. The molecule has 2 aromatic rings. The van der Waals surface area contributed by atoms with Crippen molar-refractivity contribution in [2.45, 2.75) is 12.8 Å². The average molecular weight is 264 g/mol. The molecule has 0 atom stereocenters. The number of aryl methyl sites for hydroxylation is 1. The van der Waals surface area contributed by atoms with Crippen molar-refractivity contribution >= 4 is 11.7 Å². The second-order valence-corrected chi connectivity index (χ2v) is 3.85. The first-order valence-corrected chi connectivity index (χ1v) is 5.71. The summed E-state index contributed by atoms with van der Waals surface area (Å²) < 4.78 is 13.5. The lowest BCUT2D eigenvalue weighted by atomic mass is 10.2. The second kappa shape index (κ2) is 5.89. The van der Waals surface area contributed by atoms with Crippen LogP contribution in [-0.2, 0) is 6.42 Å². The summed E-state index contributed by atoms with van der Waals surface area (Å²) in [5.74, 6) is -0.845. The first-order valence-electron chi connectivity index (χ1n) is 5.71. The molecule has 0 bridgehead atoms. The monoisotopic (exact) mass is 264 g/mol. The molecule has 8 heteroatoms. The van der Waals surface area contributed by atoms with Gasteiger partial charge in [-0.05, 0) is 12.5 Å². The Kier molecular flexibility index (Phi) is 4.01. The second-order valence-electron chi connectivity index (χ2n) is 3.85. The predicted molar refractivity (Wildman–Crippen MR) is 65.6 cm³/mol. The van der Waals surface area contributed by atoms with Crippen LogP contribution in [-0.4, -0.2) is 32.6 Å². The Labute approximate surface area is 108 Å². The molecule has 0 spiro atoms. The number of rotatable bonds is 5. The van der Waals surface area contributed by atoms with E-state index < -0.39 is 11.7 Å². The molecule has 4 N–H and O–H groups in total. The Bertz CT molecular complexity index is 556. The fourth-order valence-electron chi connectivity index (χ4n) is 1.54. The number of aromatic nitrogens is 4. The molecule has 0 unspecified atom stereocenters. The predicted octanol–water partition coefficient (Wildman–Crippen LogP) is 0.284. The summed E-state index contributed by atoms with van der Waals surface area (Å²) >= 11 is 0. The highest BCUT2D eigenvalue weighted by molar-refractivity contribution is 5.95. The molecule has 1 amide bonds. The van der Waals surface area contributed by atoms with Gasteiger partial charge in [-0.2, -0.15) is 5.10 Å². The molecular weight excluding hydrogens is 251 g/mol. The molecule has 0 saturated carbocycles. The maximum atomic E-state index is 13.5. The number of nitrogen functional groups attached to an aromatic ring is 1.